The van der Waals surface area contributed by atoms with E-state index in [1.807, 2.05) is 53.4 Å². The number of carbonyl (C=O) groups excluding carboxylic acids is 2. The van der Waals surface area contributed by atoms with Gasteiger partial charge in [-0.25, -0.2) is 0 Å². The number of nitrogens with zero attached hydrogens (tertiary/aromatic N) is 2. The second-order valence-corrected chi connectivity index (χ2v) is 8.32. The molecule has 1 fully saturated rings. The Bertz CT molecular complexity index is 1120. The fraction of sp³-hybridized carbons (Fsp3) is 0.259. The van der Waals surface area contributed by atoms with E-state index in [1.54, 1.807) is 12.1 Å². The van der Waals surface area contributed by atoms with Gasteiger partial charge in [-0.05, 0) is 60.0 Å². The molecule has 33 heavy (non-hydrogen) atoms. The highest BCUT2D eigenvalue weighted by Crippen LogP contribution is 2.20. The van der Waals surface area contributed by atoms with E-state index in [2.05, 4.69) is 24.0 Å². The molecule has 170 valence electrons. The summed E-state index contributed by atoms with van der Waals surface area (Å²) in [7, 11) is 0. The zero-order valence-electron chi connectivity index (χ0n) is 18.9. The molecular formula is C27H29N3O3. The number of hydrogen-bond donors (Lipinski definition) is 1. The number of benzene rings is 3. The van der Waals surface area contributed by atoms with E-state index >= 15 is 0 Å². The minimum absolute atomic E-state index is 0.120. The number of piperazine rings is 1. The van der Waals surface area contributed by atoms with Crippen molar-refractivity contribution in [1.29, 1.82) is 0 Å². The molecule has 3 aromatic rings. The van der Waals surface area contributed by atoms with Crippen molar-refractivity contribution in [1.82, 2.24) is 4.90 Å². The van der Waals surface area contributed by atoms with E-state index in [1.165, 1.54) is 5.56 Å². The van der Waals surface area contributed by atoms with Gasteiger partial charge in [-0.1, -0.05) is 36.4 Å². The molecule has 0 bridgehead atoms. The van der Waals surface area contributed by atoms with Gasteiger partial charge in [0.2, 0.25) is 11.8 Å². The molecule has 0 spiro atoms. The highest BCUT2D eigenvalue weighted by Gasteiger charge is 2.21. The maximum atomic E-state index is 12.9. The number of hydrogen-bond acceptors (Lipinski definition) is 4. The topological polar surface area (TPSA) is 75.9 Å². The normalized spacial score (nSPS) is 13.6. The van der Waals surface area contributed by atoms with Crippen LogP contribution in [0.25, 0.3) is 0 Å². The van der Waals surface area contributed by atoms with Gasteiger partial charge in [0.1, 0.15) is 12.4 Å². The fourth-order valence-electron chi connectivity index (χ4n) is 4.02. The standard InChI is InChI=1S/C27H29N3O3/c1-20-5-2-3-7-23(20)19-33-25-8-4-6-21(17-25)18-26(31)30-15-13-29(14-16-30)24-11-9-22(10-12-24)27(28)32/h2-12,17H,13-16,18-19H2,1H3,(H2,28,32). The molecule has 1 heterocycles. The molecular weight excluding hydrogens is 414 g/mol. The summed E-state index contributed by atoms with van der Waals surface area (Å²) in [6.07, 6.45) is 0.356. The second-order valence-electron chi connectivity index (χ2n) is 8.32. The Morgan fingerprint density at radius 2 is 1.64 bits per heavy atom. The third-order valence-electron chi connectivity index (χ3n) is 6.06. The Hall–Kier alpha value is -3.80. The third kappa shape index (κ3) is 5.71. The fourth-order valence-corrected chi connectivity index (χ4v) is 4.02. The maximum absolute atomic E-state index is 12.9. The van der Waals surface area contributed by atoms with Gasteiger partial charge in [0.25, 0.3) is 0 Å². The molecule has 1 saturated heterocycles. The van der Waals surface area contributed by atoms with Crippen molar-refractivity contribution in [3.05, 3.63) is 95.1 Å². The zero-order valence-corrected chi connectivity index (χ0v) is 18.9. The smallest absolute Gasteiger partial charge is 0.248 e. The summed E-state index contributed by atoms with van der Waals surface area (Å²) < 4.78 is 5.97. The summed E-state index contributed by atoms with van der Waals surface area (Å²) >= 11 is 0. The van der Waals surface area contributed by atoms with Crippen LogP contribution in [0.15, 0.2) is 72.8 Å². The molecule has 0 aliphatic carbocycles. The van der Waals surface area contributed by atoms with E-state index in [0.717, 1.165) is 35.7 Å². The first-order valence-corrected chi connectivity index (χ1v) is 11.2. The summed E-state index contributed by atoms with van der Waals surface area (Å²) in [6.45, 7) is 5.42. The molecule has 2 N–H and O–H groups in total. The Labute approximate surface area is 194 Å². The minimum atomic E-state index is -0.429. The van der Waals surface area contributed by atoms with E-state index in [4.69, 9.17) is 10.5 Å². The van der Waals surface area contributed by atoms with Crippen LogP contribution in [0.1, 0.15) is 27.0 Å². The van der Waals surface area contributed by atoms with Crippen LogP contribution in [0.3, 0.4) is 0 Å². The quantitative estimate of drug-likeness (QED) is 0.606. The molecule has 1 aliphatic rings. The molecule has 0 saturated carbocycles. The van der Waals surface area contributed by atoms with Crippen LogP contribution < -0.4 is 15.4 Å². The van der Waals surface area contributed by atoms with Crippen LogP contribution in [0.5, 0.6) is 5.75 Å². The van der Waals surface area contributed by atoms with Gasteiger partial charge in [0, 0.05) is 37.4 Å². The predicted molar refractivity (Wildman–Crippen MR) is 129 cm³/mol. The molecule has 6 nitrogen and oxygen atoms in total. The lowest BCUT2D eigenvalue weighted by atomic mass is 10.1. The average molecular weight is 444 g/mol. The van der Waals surface area contributed by atoms with E-state index in [9.17, 15) is 9.59 Å². The van der Waals surface area contributed by atoms with Crippen molar-refractivity contribution in [2.24, 2.45) is 5.73 Å². The first-order valence-electron chi connectivity index (χ1n) is 11.2. The number of primary amides is 1. The second kappa shape index (κ2) is 10.2. The van der Waals surface area contributed by atoms with Gasteiger partial charge < -0.3 is 20.3 Å². The van der Waals surface area contributed by atoms with Crippen LogP contribution in [-0.2, 0) is 17.8 Å². The third-order valence-corrected chi connectivity index (χ3v) is 6.06. The Kier molecular flexibility index (Phi) is 6.93. The van der Waals surface area contributed by atoms with Crippen molar-refractivity contribution in [3.8, 4) is 5.75 Å². The van der Waals surface area contributed by atoms with Crippen LogP contribution in [-0.4, -0.2) is 42.9 Å². The first-order chi connectivity index (χ1) is 16.0. The van der Waals surface area contributed by atoms with Crippen molar-refractivity contribution in [2.75, 3.05) is 31.1 Å². The average Bonchev–Trinajstić information content (AvgIpc) is 2.84. The molecule has 1 aliphatic heterocycles. The summed E-state index contributed by atoms with van der Waals surface area (Å²) in [4.78, 5) is 28.3. The molecule has 6 heteroatoms. The Morgan fingerprint density at radius 3 is 2.33 bits per heavy atom. The largest absolute Gasteiger partial charge is 0.489 e. The lowest BCUT2D eigenvalue weighted by Crippen LogP contribution is -2.49. The Morgan fingerprint density at radius 1 is 0.909 bits per heavy atom. The maximum Gasteiger partial charge on any atom is 0.248 e. The lowest BCUT2D eigenvalue weighted by Gasteiger charge is -2.36. The minimum Gasteiger partial charge on any atom is -0.489 e. The number of ether oxygens (including phenoxy) is 1. The SMILES string of the molecule is Cc1ccccc1COc1cccc(CC(=O)N2CCN(c3ccc(C(N)=O)cc3)CC2)c1. The molecule has 4 rings (SSSR count). The first kappa shape index (κ1) is 22.4. The van der Waals surface area contributed by atoms with Gasteiger partial charge in [-0.2, -0.15) is 0 Å². The highest BCUT2D eigenvalue weighted by atomic mass is 16.5. The number of nitrogens with two attached hydrogens (primary N) is 1. The highest BCUT2D eigenvalue weighted by molar-refractivity contribution is 5.93. The van der Waals surface area contributed by atoms with Crippen LogP contribution in [0.4, 0.5) is 5.69 Å². The Balaban J connectivity index is 1.29. The molecule has 0 unspecified atom stereocenters. The monoisotopic (exact) mass is 443 g/mol. The number of aryl methyl sites for hydroxylation is 1. The molecule has 0 aromatic heterocycles. The van der Waals surface area contributed by atoms with Crippen molar-refractivity contribution in [2.45, 2.75) is 20.0 Å². The van der Waals surface area contributed by atoms with Gasteiger partial charge in [-0.15, -0.1) is 0 Å². The summed E-state index contributed by atoms with van der Waals surface area (Å²) in [5.74, 6) is 0.462. The van der Waals surface area contributed by atoms with Gasteiger partial charge >= 0.3 is 0 Å². The molecule has 0 radical (unpaired) electrons. The van der Waals surface area contributed by atoms with Gasteiger partial charge in [0.05, 0.1) is 6.42 Å². The lowest BCUT2D eigenvalue weighted by molar-refractivity contribution is -0.130. The van der Waals surface area contributed by atoms with E-state index < -0.39 is 5.91 Å². The van der Waals surface area contributed by atoms with Crippen LogP contribution >= 0.6 is 0 Å². The number of amides is 2. The van der Waals surface area contributed by atoms with E-state index in [-0.39, 0.29) is 5.91 Å². The zero-order chi connectivity index (χ0) is 23.2. The summed E-state index contributed by atoms with van der Waals surface area (Å²) in [5.41, 5.74) is 10.1. The molecule has 2 amide bonds. The van der Waals surface area contributed by atoms with E-state index in [0.29, 0.717) is 31.7 Å². The molecule has 3 aromatic carbocycles. The van der Waals surface area contributed by atoms with Crippen molar-refractivity contribution >= 4 is 17.5 Å². The predicted octanol–water partition coefficient (Wildman–Crippen LogP) is 3.56. The number of anilines is 1. The number of rotatable bonds is 7. The van der Waals surface area contributed by atoms with Crippen LogP contribution in [0, 0.1) is 6.92 Å². The molecule has 0 atom stereocenters. The number of carbonyl (C=O) groups is 2. The van der Waals surface area contributed by atoms with Gasteiger partial charge in [0.15, 0.2) is 0 Å². The summed E-state index contributed by atoms with van der Waals surface area (Å²) in [6, 6.07) is 23.2. The van der Waals surface area contributed by atoms with Gasteiger partial charge in [-0.3, -0.25) is 9.59 Å². The van der Waals surface area contributed by atoms with Crippen molar-refractivity contribution in [3.63, 3.8) is 0 Å². The van der Waals surface area contributed by atoms with Crippen LogP contribution in [0.2, 0.25) is 0 Å². The summed E-state index contributed by atoms with van der Waals surface area (Å²) in [5, 5.41) is 0. The van der Waals surface area contributed by atoms with Crippen molar-refractivity contribution < 1.29 is 14.3 Å².